The molecule has 1 aromatic carbocycles. The lowest BCUT2D eigenvalue weighted by molar-refractivity contribution is -0.114. The maximum Gasteiger partial charge on any atom is 0.283 e. The van der Waals surface area contributed by atoms with Gasteiger partial charge < -0.3 is 14.2 Å². The number of amides is 1. The molecule has 1 fully saturated rings. The van der Waals surface area contributed by atoms with Crippen molar-refractivity contribution in [2.45, 2.75) is 20.8 Å². The largest absolute Gasteiger partial charge is 0.378 e. The number of fused-ring (bicyclic) bond motifs is 1. The second-order valence-electron chi connectivity index (χ2n) is 8.10. The van der Waals surface area contributed by atoms with Gasteiger partial charge in [0.25, 0.3) is 5.91 Å². The second-order valence-corrected chi connectivity index (χ2v) is 9.44. The number of aryl methyl sites for hydroxylation is 2. The molecule has 3 aliphatic rings. The van der Waals surface area contributed by atoms with Crippen molar-refractivity contribution in [2.24, 2.45) is 10.1 Å². The standard InChI is InChI=1S/C23H23ClN6O2S/c1-13-4-5-17(12-19(13)24)29-14(2)10-16(15(29)3)11-18-20(25)30-22(26-21(18)31)33-23(27-30)28-6-8-32-9-7-28/h4-5,10-12,25H,6-9H2,1-3H3/b18-11-,25-20?. The number of thioether (sulfide) groups is 1. The summed E-state index contributed by atoms with van der Waals surface area (Å²) >= 11 is 7.66. The van der Waals surface area contributed by atoms with Crippen LogP contribution in [-0.4, -0.2) is 62.9 Å². The number of hydrogen-bond donors (Lipinski definition) is 1. The van der Waals surface area contributed by atoms with Crippen LogP contribution < -0.4 is 0 Å². The van der Waals surface area contributed by atoms with E-state index in [1.807, 2.05) is 45.0 Å². The average Bonchev–Trinajstić information content (AvgIpc) is 3.34. The number of ether oxygens (including phenoxy) is 1. The Bertz CT molecular complexity index is 1270. The molecule has 8 nitrogen and oxygen atoms in total. The van der Waals surface area contributed by atoms with Crippen molar-refractivity contribution in [2.75, 3.05) is 26.3 Å². The van der Waals surface area contributed by atoms with E-state index in [9.17, 15) is 4.79 Å². The van der Waals surface area contributed by atoms with Crippen molar-refractivity contribution >= 4 is 51.5 Å². The average molecular weight is 483 g/mol. The summed E-state index contributed by atoms with van der Waals surface area (Å²) in [6, 6.07) is 7.94. The molecule has 0 radical (unpaired) electrons. The number of carbonyl (C=O) groups excluding carboxylic acids is 1. The van der Waals surface area contributed by atoms with Crippen molar-refractivity contribution < 1.29 is 9.53 Å². The number of nitrogens with zero attached hydrogens (tertiary/aromatic N) is 5. The summed E-state index contributed by atoms with van der Waals surface area (Å²) in [6.07, 6.45) is 1.73. The predicted molar refractivity (Wildman–Crippen MR) is 132 cm³/mol. The van der Waals surface area contributed by atoms with Gasteiger partial charge in [-0.05, 0) is 67.9 Å². The molecule has 33 heavy (non-hydrogen) atoms. The van der Waals surface area contributed by atoms with Gasteiger partial charge in [-0.1, -0.05) is 17.7 Å². The van der Waals surface area contributed by atoms with Gasteiger partial charge in [-0.15, -0.1) is 5.10 Å². The number of aromatic nitrogens is 1. The zero-order valence-electron chi connectivity index (χ0n) is 18.6. The molecule has 0 unspecified atom stereocenters. The van der Waals surface area contributed by atoms with Gasteiger partial charge in [-0.3, -0.25) is 10.2 Å². The number of hydrogen-bond acceptors (Lipinski definition) is 6. The first kappa shape index (κ1) is 21.9. The zero-order valence-corrected chi connectivity index (χ0v) is 20.1. The highest BCUT2D eigenvalue weighted by Crippen LogP contribution is 2.31. The number of benzene rings is 1. The third kappa shape index (κ3) is 3.90. The van der Waals surface area contributed by atoms with Crippen LogP contribution in [-0.2, 0) is 9.53 Å². The lowest BCUT2D eigenvalue weighted by Gasteiger charge is -2.26. The number of nitrogens with one attached hydrogen (secondary N) is 1. The fourth-order valence-corrected chi connectivity index (χ4v) is 5.19. The summed E-state index contributed by atoms with van der Waals surface area (Å²) in [5, 5.41) is 16.5. The van der Waals surface area contributed by atoms with Gasteiger partial charge in [0.05, 0.1) is 18.8 Å². The molecule has 1 N–H and O–H groups in total. The van der Waals surface area contributed by atoms with Crippen molar-refractivity contribution in [3.8, 4) is 5.69 Å². The van der Waals surface area contributed by atoms with Gasteiger partial charge in [-0.2, -0.15) is 10.0 Å². The van der Waals surface area contributed by atoms with Crippen LogP contribution in [0, 0.1) is 26.2 Å². The van der Waals surface area contributed by atoms with Gasteiger partial charge in [0, 0.05) is 35.2 Å². The molecule has 0 bridgehead atoms. The van der Waals surface area contributed by atoms with E-state index in [-0.39, 0.29) is 11.4 Å². The Morgan fingerprint density at radius 2 is 1.91 bits per heavy atom. The third-order valence-corrected chi connectivity index (χ3v) is 7.29. The van der Waals surface area contributed by atoms with Crippen LogP contribution in [0.3, 0.4) is 0 Å². The number of rotatable bonds is 2. The van der Waals surface area contributed by atoms with E-state index >= 15 is 0 Å². The first-order valence-corrected chi connectivity index (χ1v) is 11.8. The Morgan fingerprint density at radius 1 is 1.15 bits per heavy atom. The van der Waals surface area contributed by atoms with E-state index in [0.717, 1.165) is 46.5 Å². The van der Waals surface area contributed by atoms with Crippen LogP contribution in [0.5, 0.6) is 0 Å². The van der Waals surface area contributed by atoms with E-state index in [2.05, 4.69) is 19.6 Å². The topological polar surface area (TPSA) is 86.3 Å². The predicted octanol–water partition coefficient (Wildman–Crippen LogP) is 3.96. The molecule has 10 heteroatoms. The van der Waals surface area contributed by atoms with Gasteiger partial charge in [-0.25, -0.2) is 0 Å². The minimum Gasteiger partial charge on any atom is -0.378 e. The van der Waals surface area contributed by atoms with Crippen molar-refractivity contribution in [1.29, 1.82) is 5.41 Å². The molecular weight excluding hydrogens is 460 g/mol. The van der Waals surface area contributed by atoms with Gasteiger partial charge >= 0.3 is 0 Å². The number of morpholine rings is 1. The second kappa shape index (κ2) is 8.48. The summed E-state index contributed by atoms with van der Waals surface area (Å²) < 4.78 is 7.49. The highest BCUT2D eigenvalue weighted by molar-refractivity contribution is 8.26. The minimum absolute atomic E-state index is 0.0314. The fourth-order valence-electron chi connectivity index (χ4n) is 4.07. The smallest absolute Gasteiger partial charge is 0.283 e. The van der Waals surface area contributed by atoms with Crippen LogP contribution in [0.15, 0.2) is 39.9 Å². The SMILES string of the molecule is Cc1ccc(-n2c(C)cc(/C=C3/C(=N)N4N=C(N5CCOCC5)SC4=NC3=O)c2C)cc1Cl. The molecule has 2 aromatic rings. The molecule has 170 valence electrons. The molecule has 0 spiro atoms. The molecule has 1 saturated heterocycles. The number of amidine groups is 3. The summed E-state index contributed by atoms with van der Waals surface area (Å²) in [4.78, 5) is 19.2. The normalized spacial score (nSPS) is 19.8. The Morgan fingerprint density at radius 3 is 2.64 bits per heavy atom. The van der Waals surface area contributed by atoms with Gasteiger partial charge in [0.1, 0.15) is 0 Å². The lowest BCUT2D eigenvalue weighted by atomic mass is 10.1. The molecule has 1 aromatic heterocycles. The fraction of sp³-hybridized carbons (Fsp3) is 0.304. The van der Waals surface area contributed by atoms with E-state index in [1.54, 1.807) is 6.08 Å². The Kier molecular flexibility index (Phi) is 5.64. The molecule has 5 rings (SSSR count). The van der Waals surface area contributed by atoms with E-state index in [1.165, 1.54) is 16.8 Å². The van der Waals surface area contributed by atoms with Crippen molar-refractivity contribution in [1.82, 2.24) is 14.5 Å². The quantitative estimate of drug-likeness (QED) is 0.654. The third-order valence-electron chi connectivity index (χ3n) is 5.91. The maximum absolute atomic E-state index is 12.8. The van der Waals surface area contributed by atoms with Gasteiger partial charge in [0.2, 0.25) is 5.17 Å². The van der Waals surface area contributed by atoms with E-state index in [4.69, 9.17) is 21.7 Å². The van der Waals surface area contributed by atoms with Crippen molar-refractivity contribution in [3.63, 3.8) is 0 Å². The summed E-state index contributed by atoms with van der Waals surface area (Å²) in [7, 11) is 0. The monoisotopic (exact) mass is 482 g/mol. The Balaban J connectivity index is 1.48. The summed E-state index contributed by atoms with van der Waals surface area (Å²) in [6.45, 7) is 8.68. The summed E-state index contributed by atoms with van der Waals surface area (Å²) in [5.74, 6) is -0.399. The number of aliphatic imine (C=N–C) groups is 1. The maximum atomic E-state index is 12.8. The molecule has 1 amide bonds. The molecular formula is C23H23ClN6O2S. The highest BCUT2D eigenvalue weighted by atomic mass is 35.5. The molecule has 0 saturated carbocycles. The number of halogens is 1. The number of hydrazone groups is 1. The summed E-state index contributed by atoms with van der Waals surface area (Å²) in [5.41, 5.74) is 4.98. The number of carbonyl (C=O) groups is 1. The van der Waals surface area contributed by atoms with E-state index < -0.39 is 5.91 Å². The lowest BCUT2D eigenvalue weighted by Crippen LogP contribution is -2.39. The first-order chi connectivity index (χ1) is 15.8. The molecule has 0 aliphatic carbocycles. The Labute approximate surface area is 201 Å². The molecule has 3 aliphatic heterocycles. The van der Waals surface area contributed by atoms with Crippen LogP contribution in [0.4, 0.5) is 0 Å². The zero-order chi connectivity index (χ0) is 23.3. The molecule has 0 atom stereocenters. The first-order valence-electron chi connectivity index (χ1n) is 10.6. The minimum atomic E-state index is -0.430. The highest BCUT2D eigenvalue weighted by Gasteiger charge is 2.37. The van der Waals surface area contributed by atoms with Crippen LogP contribution >= 0.6 is 23.4 Å². The van der Waals surface area contributed by atoms with Gasteiger partial charge in [0.15, 0.2) is 11.0 Å². The van der Waals surface area contributed by atoms with Crippen LogP contribution in [0.1, 0.15) is 22.5 Å². The van der Waals surface area contributed by atoms with E-state index in [0.29, 0.717) is 23.4 Å². The van der Waals surface area contributed by atoms with Crippen LogP contribution in [0.25, 0.3) is 11.8 Å². The Hall–Kier alpha value is -2.88. The van der Waals surface area contributed by atoms with Crippen molar-refractivity contribution in [3.05, 3.63) is 57.4 Å². The molecule has 4 heterocycles. The van der Waals surface area contributed by atoms with Crippen LogP contribution in [0.2, 0.25) is 5.02 Å².